The maximum Gasteiger partial charge on any atom is 0.407 e. The van der Waals surface area contributed by atoms with Gasteiger partial charge >= 0.3 is 12.3 Å². The fraction of sp³-hybridized carbons (Fsp3) is 0.484. The third kappa shape index (κ3) is 6.37. The van der Waals surface area contributed by atoms with E-state index >= 15 is 0 Å². The molecule has 0 aromatic heterocycles. The van der Waals surface area contributed by atoms with Crippen molar-refractivity contribution >= 4 is 23.4 Å². The van der Waals surface area contributed by atoms with Crippen LogP contribution in [-0.4, -0.2) is 65.5 Å². The number of alkyl halides is 3. The molecule has 43 heavy (non-hydrogen) atoms. The number of carbonyl (C=O) groups is 3. The summed E-state index contributed by atoms with van der Waals surface area (Å²) in [4.78, 5) is 47.1. The van der Waals surface area contributed by atoms with Gasteiger partial charge in [0.25, 0.3) is 5.91 Å². The van der Waals surface area contributed by atoms with Crippen LogP contribution in [-0.2, 0) is 19.8 Å². The van der Waals surface area contributed by atoms with Gasteiger partial charge in [-0.1, -0.05) is 51.1 Å². The normalized spacial score (nSPS) is 22.0. The van der Waals surface area contributed by atoms with Gasteiger partial charge in [0.1, 0.15) is 23.3 Å². The van der Waals surface area contributed by atoms with E-state index in [2.05, 4.69) is 15.5 Å². The molecule has 1 fully saturated rings. The second-order valence-corrected chi connectivity index (χ2v) is 12.5. The Morgan fingerprint density at radius 2 is 1.79 bits per heavy atom. The van der Waals surface area contributed by atoms with E-state index in [1.54, 1.807) is 24.3 Å². The third-order valence-electron chi connectivity index (χ3n) is 8.11. The molecule has 5 atom stereocenters. The van der Waals surface area contributed by atoms with Crippen molar-refractivity contribution in [3.63, 3.8) is 0 Å². The first-order valence-electron chi connectivity index (χ1n) is 13.9. The summed E-state index contributed by atoms with van der Waals surface area (Å²) < 4.78 is 55.4. The quantitative estimate of drug-likeness (QED) is 0.344. The average Bonchev–Trinajstić information content (AvgIpc) is 3.46. The molecule has 0 aliphatic carbocycles. The Morgan fingerprint density at radius 3 is 2.37 bits per heavy atom. The number of rotatable bonds is 7. The number of nitrogens with zero attached hydrogens (tertiary/aromatic N) is 3. The lowest BCUT2D eigenvalue weighted by Gasteiger charge is -2.36. The molecule has 2 aliphatic rings. The van der Waals surface area contributed by atoms with E-state index in [9.17, 15) is 31.9 Å². The Hall–Kier alpha value is -3.98. The number of halogens is 4. The molecular weight excluding hydrogens is 566 g/mol. The number of likely N-dealkylation sites (tertiary alicyclic amines) is 1. The van der Waals surface area contributed by atoms with Gasteiger partial charge in [-0.2, -0.15) is 13.2 Å². The number of benzene rings is 2. The highest BCUT2D eigenvalue weighted by Gasteiger charge is 2.59. The summed E-state index contributed by atoms with van der Waals surface area (Å²) >= 11 is 0. The first kappa shape index (κ1) is 31.9. The minimum atomic E-state index is -4.80. The van der Waals surface area contributed by atoms with Crippen LogP contribution in [0.2, 0.25) is 0 Å². The van der Waals surface area contributed by atoms with Crippen molar-refractivity contribution in [1.29, 1.82) is 0 Å². The lowest BCUT2D eigenvalue weighted by atomic mass is 9.80. The molecule has 2 N–H and O–H groups in total. The maximum absolute atomic E-state index is 14.2. The van der Waals surface area contributed by atoms with Crippen LogP contribution in [0.3, 0.4) is 0 Å². The molecule has 1 unspecified atom stereocenters. The number of anilines is 1. The molecule has 230 valence electrons. The molecule has 12 heteroatoms. The van der Waals surface area contributed by atoms with Crippen molar-refractivity contribution in [2.45, 2.75) is 76.4 Å². The Bertz CT molecular complexity index is 1430. The lowest BCUT2D eigenvalue weighted by Crippen LogP contribution is -2.56. The number of nitrogens with one attached hydrogen (secondary N) is 2. The van der Waals surface area contributed by atoms with Crippen molar-refractivity contribution in [3.8, 4) is 0 Å². The van der Waals surface area contributed by atoms with Crippen molar-refractivity contribution in [1.82, 2.24) is 15.1 Å². The average molecular weight is 602 g/mol. The van der Waals surface area contributed by atoms with Crippen molar-refractivity contribution < 1.29 is 31.9 Å². The monoisotopic (exact) mass is 601 g/mol. The highest BCUT2D eigenvalue weighted by Crippen LogP contribution is 2.47. The summed E-state index contributed by atoms with van der Waals surface area (Å²) in [6.45, 7) is 14.6. The largest absolute Gasteiger partial charge is 0.407 e. The highest BCUT2D eigenvalue weighted by atomic mass is 19.4. The van der Waals surface area contributed by atoms with E-state index < -0.39 is 58.9 Å². The summed E-state index contributed by atoms with van der Waals surface area (Å²) in [7, 11) is 1.35. The van der Waals surface area contributed by atoms with Gasteiger partial charge < -0.3 is 10.2 Å². The molecular formula is C31H35F4N5O3. The van der Waals surface area contributed by atoms with Crippen LogP contribution in [0.15, 0.2) is 48.5 Å². The number of carbonyl (C=O) groups excluding carboxylic acids is 3. The topological polar surface area (TPSA) is 86.1 Å². The standard InChI is InChI=1S/C31H35F4N5O3/c1-18(37-25(31(33,34)35)19-11-13-20(32)14-12-19)26(41)39(6)23(15-29(2,3)4)27(42)40-17-30(16-24(40)36-5)21-9-7-8-10-22(21)38-28(30)43/h7-14,18,23-25,37H,15-17H2,1-4,6H3,(H,38,43)/t18-,23-,24-,25?,30-/m0/s1. The molecule has 2 aromatic rings. The van der Waals surface area contributed by atoms with Crippen LogP contribution in [0.25, 0.3) is 4.85 Å². The molecule has 0 saturated carbocycles. The van der Waals surface area contributed by atoms with E-state index in [1.807, 2.05) is 20.8 Å². The SMILES string of the molecule is [C-]#[N+][C@@H]1C[C@@]2(CN1C(=O)[C@H](CC(C)(C)C)N(C)C(=O)[C@H](C)NC(c1ccc(F)cc1)C(F)(F)F)C(=O)Nc1ccccc12. The zero-order valence-electron chi connectivity index (χ0n) is 24.6. The van der Waals surface area contributed by atoms with Gasteiger partial charge in [0, 0.05) is 19.3 Å². The number of fused-ring (bicyclic) bond motifs is 2. The van der Waals surface area contributed by atoms with Crippen LogP contribution in [0.5, 0.6) is 0 Å². The Morgan fingerprint density at radius 1 is 1.16 bits per heavy atom. The minimum Gasteiger partial charge on any atom is -0.332 e. The number of para-hydroxylation sites is 1. The molecule has 0 radical (unpaired) electrons. The molecule has 0 bridgehead atoms. The highest BCUT2D eigenvalue weighted by molar-refractivity contribution is 6.07. The van der Waals surface area contributed by atoms with Crippen molar-refractivity contribution in [2.75, 3.05) is 18.9 Å². The first-order chi connectivity index (χ1) is 20.0. The van der Waals surface area contributed by atoms with E-state index in [-0.39, 0.29) is 30.9 Å². The molecule has 1 saturated heterocycles. The minimum absolute atomic E-state index is 0.0705. The molecule has 2 aromatic carbocycles. The van der Waals surface area contributed by atoms with E-state index in [0.717, 1.165) is 29.2 Å². The van der Waals surface area contributed by atoms with Gasteiger partial charge in [-0.3, -0.25) is 29.4 Å². The van der Waals surface area contributed by atoms with Gasteiger partial charge in [0.15, 0.2) is 0 Å². The summed E-state index contributed by atoms with van der Waals surface area (Å²) in [5.41, 5.74) is -0.575. The van der Waals surface area contributed by atoms with E-state index in [4.69, 9.17) is 6.57 Å². The van der Waals surface area contributed by atoms with Gasteiger partial charge in [-0.25, -0.2) is 11.0 Å². The Labute approximate surface area is 248 Å². The first-order valence-corrected chi connectivity index (χ1v) is 13.9. The second kappa shape index (κ2) is 11.6. The van der Waals surface area contributed by atoms with Gasteiger partial charge in [-0.05, 0) is 48.1 Å². The summed E-state index contributed by atoms with van der Waals surface area (Å²) in [5, 5.41) is 5.15. The number of hydrogen-bond acceptors (Lipinski definition) is 4. The van der Waals surface area contributed by atoms with Gasteiger partial charge in [-0.15, -0.1) is 0 Å². The van der Waals surface area contributed by atoms with Gasteiger partial charge in [0.05, 0.1) is 12.5 Å². The van der Waals surface area contributed by atoms with Crippen LogP contribution in [0.1, 0.15) is 57.7 Å². The molecule has 8 nitrogen and oxygen atoms in total. The molecule has 4 rings (SSSR count). The molecule has 2 aliphatic heterocycles. The lowest BCUT2D eigenvalue weighted by molar-refractivity contribution is -0.162. The van der Waals surface area contributed by atoms with Crippen molar-refractivity contribution in [2.24, 2.45) is 5.41 Å². The third-order valence-corrected chi connectivity index (χ3v) is 8.11. The van der Waals surface area contributed by atoms with Crippen LogP contribution >= 0.6 is 0 Å². The van der Waals surface area contributed by atoms with Crippen LogP contribution < -0.4 is 10.6 Å². The maximum atomic E-state index is 14.2. The second-order valence-electron chi connectivity index (χ2n) is 12.5. The fourth-order valence-corrected chi connectivity index (χ4v) is 5.93. The number of hydrogen-bond donors (Lipinski definition) is 2. The van der Waals surface area contributed by atoms with Crippen LogP contribution in [0.4, 0.5) is 23.2 Å². The van der Waals surface area contributed by atoms with Crippen LogP contribution in [0, 0.1) is 17.8 Å². The zero-order chi connectivity index (χ0) is 31.9. The number of amides is 3. The van der Waals surface area contributed by atoms with Crippen molar-refractivity contribution in [3.05, 3.63) is 76.9 Å². The Balaban J connectivity index is 1.61. The van der Waals surface area contributed by atoms with Gasteiger partial charge in [0.2, 0.25) is 11.8 Å². The Kier molecular flexibility index (Phi) is 8.62. The predicted octanol–water partition coefficient (Wildman–Crippen LogP) is 5.04. The summed E-state index contributed by atoms with van der Waals surface area (Å²) in [5.74, 6) is -2.33. The molecule has 2 heterocycles. The molecule has 1 spiro atoms. The predicted molar refractivity (Wildman–Crippen MR) is 152 cm³/mol. The smallest absolute Gasteiger partial charge is 0.332 e. The summed E-state index contributed by atoms with van der Waals surface area (Å²) in [6.07, 6.45) is -5.54. The fourth-order valence-electron chi connectivity index (χ4n) is 5.93. The van der Waals surface area contributed by atoms with E-state index in [1.165, 1.54) is 18.9 Å². The molecule has 3 amide bonds. The zero-order valence-corrected chi connectivity index (χ0v) is 24.6. The number of likely N-dealkylation sites (N-methyl/N-ethyl adjacent to an activating group) is 1. The van der Waals surface area contributed by atoms with E-state index in [0.29, 0.717) is 11.3 Å². The summed E-state index contributed by atoms with van der Waals surface area (Å²) in [6, 6.07) is 6.14.